The molecule has 2 aliphatic heterocycles. The third-order valence-electron chi connectivity index (χ3n) is 3.03. The van der Waals surface area contributed by atoms with Gasteiger partial charge in [-0.25, -0.2) is 0 Å². The fourth-order valence-corrected chi connectivity index (χ4v) is 2.44. The number of rotatable bonds is 1. The van der Waals surface area contributed by atoms with E-state index >= 15 is 0 Å². The molecule has 3 heteroatoms. The summed E-state index contributed by atoms with van der Waals surface area (Å²) in [7, 11) is 0. The highest BCUT2D eigenvalue weighted by Gasteiger charge is 2.42. The van der Waals surface area contributed by atoms with Gasteiger partial charge in [-0.05, 0) is 19.4 Å². The molecule has 0 spiro atoms. The minimum absolute atomic E-state index is 0.186. The zero-order chi connectivity index (χ0) is 7.84. The van der Waals surface area contributed by atoms with E-state index in [-0.39, 0.29) is 18.8 Å². The molecule has 0 aromatic rings. The van der Waals surface area contributed by atoms with Gasteiger partial charge in [0.1, 0.15) is 0 Å². The second kappa shape index (κ2) is 2.73. The van der Waals surface area contributed by atoms with Crippen LogP contribution in [0.15, 0.2) is 0 Å². The summed E-state index contributed by atoms with van der Waals surface area (Å²) in [4.78, 5) is 2.30. The molecule has 2 fully saturated rings. The molecule has 11 heavy (non-hydrogen) atoms. The smallest absolute Gasteiger partial charge is 0.0711 e. The number of aliphatic hydroxyl groups excluding tert-OH is 2. The van der Waals surface area contributed by atoms with Crippen molar-refractivity contribution in [1.29, 1.82) is 0 Å². The van der Waals surface area contributed by atoms with E-state index in [4.69, 9.17) is 5.11 Å². The van der Waals surface area contributed by atoms with Gasteiger partial charge in [-0.1, -0.05) is 0 Å². The molecule has 0 aromatic carbocycles. The lowest BCUT2D eigenvalue weighted by molar-refractivity contribution is 0.0902. The van der Waals surface area contributed by atoms with E-state index in [0.29, 0.717) is 5.92 Å². The van der Waals surface area contributed by atoms with Gasteiger partial charge in [0, 0.05) is 25.1 Å². The Balaban J connectivity index is 2.07. The molecule has 0 radical (unpaired) electrons. The fraction of sp³-hybridized carbons (Fsp3) is 1.00. The average molecular weight is 157 g/mol. The van der Waals surface area contributed by atoms with Crippen molar-refractivity contribution in [3.05, 3.63) is 0 Å². The van der Waals surface area contributed by atoms with Crippen LogP contribution in [0.4, 0.5) is 0 Å². The lowest BCUT2D eigenvalue weighted by atomic mass is 9.97. The Morgan fingerprint density at radius 3 is 2.73 bits per heavy atom. The monoisotopic (exact) mass is 157 g/mol. The van der Waals surface area contributed by atoms with Crippen molar-refractivity contribution in [3.63, 3.8) is 0 Å². The number of hydrogen-bond donors (Lipinski definition) is 2. The largest absolute Gasteiger partial charge is 0.396 e. The molecule has 0 aliphatic carbocycles. The molecular weight excluding hydrogens is 142 g/mol. The van der Waals surface area contributed by atoms with E-state index in [1.165, 1.54) is 0 Å². The highest BCUT2D eigenvalue weighted by molar-refractivity contribution is 4.96. The number of aliphatic hydroxyl groups is 2. The molecule has 0 bridgehead atoms. The van der Waals surface area contributed by atoms with Crippen LogP contribution in [0.5, 0.6) is 0 Å². The van der Waals surface area contributed by atoms with E-state index in [1.807, 2.05) is 0 Å². The Bertz CT molecular complexity index is 151. The topological polar surface area (TPSA) is 43.7 Å². The van der Waals surface area contributed by atoms with E-state index in [2.05, 4.69) is 4.90 Å². The van der Waals surface area contributed by atoms with Crippen LogP contribution in [0.1, 0.15) is 12.8 Å². The van der Waals surface area contributed by atoms with Crippen LogP contribution in [0.2, 0.25) is 0 Å². The standard InChI is InChI=1S/C8H15NO2/c10-5-6-1-3-9-4-2-7(11)8(6)9/h6-8,10-11H,1-5H2/t6-,7-,8+/m1/s1. The van der Waals surface area contributed by atoms with Crippen LogP contribution in [-0.4, -0.2) is 47.0 Å². The summed E-state index contributed by atoms with van der Waals surface area (Å²) >= 11 is 0. The van der Waals surface area contributed by atoms with Gasteiger partial charge in [0.15, 0.2) is 0 Å². The van der Waals surface area contributed by atoms with Crippen molar-refractivity contribution in [3.8, 4) is 0 Å². The van der Waals surface area contributed by atoms with E-state index in [9.17, 15) is 5.11 Å². The van der Waals surface area contributed by atoms with Gasteiger partial charge >= 0.3 is 0 Å². The van der Waals surface area contributed by atoms with Crippen molar-refractivity contribution in [2.75, 3.05) is 19.7 Å². The Labute approximate surface area is 66.6 Å². The average Bonchev–Trinajstić information content (AvgIpc) is 2.54. The predicted molar refractivity (Wildman–Crippen MR) is 41.2 cm³/mol. The maximum Gasteiger partial charge on any atom is 0.0711 e. The summed E-state index contributed by atoms with van der Waals surface area (Å²) in [6, 6.07) is 0.264. The molecule has 0 aromatic heterocycles. The Kier molecular flexibility index (Phi) is 1.87. The predicted octanol–water partition coefficient (Wildman–Crippen LogP) is -0.566. The first-order valence-electron chi connectivity index (χ1n) is 4.36. The summed E-state index contributed by atoms with van der Waals surface area (Å²) in [5.41, 5.74) is 0. The van der Waals surface area contributed by atoms with Crippen molar-refractivity contribution >= 4 is 0 Å². The van der Waals surface area contributed by atoms with Gasteiger partial charge in [-0.2, -0.15) is 0 Å². The summed E-state index contributed by atoms with van der Waals surface area (Å²) in [5, 5.41) is 18.5. The van der Waals surface area contributed by atoms with E-state index < -0.39 is 0 Å². The van der Waals surface area contributed by atoms with Gasteiger partial charge < -0.3 is 10.2 Å². The van der Waals surface area contributed by atoms with Gasteiger partial charge in [0.2, 0.25) is 0 Å². The molecule has 2 N–H and O–H groups in total. The summed E-state index contributed by atoms with van der Waals surface area (Å²) in [6.45, 7) is 2.31. The third-order valence-corrected chi connectivity index (χ3v) is 3.03. The van der Waals surface area contributed by atoms with Crippen LogP contribution >= 0.6 is 0 Å². The summed E-state index contributed by atoms with van der Waals surface area (Å²) in [5.74, 6) is 0.326. The molecule has 2 rings (SSSR count). The maximum atomic E-state index is 9.55. The molecule has 3 nitrogen and oxygen atoms in total. The van der Waals surface area contributed by atoms with Crippen molar-refractivity contribution in [1.82, 2.24) is 4.90 Å². The molecule has 2 heterocycles. The molecule has 0 unspecified atom stereocenters. The molecule has 64 valence electrons. The van der Waals surface area contributed by atoms with Crippen LogP contribution in [-0.2, 0) is 0 Å². The minimum Gasteiger partial charge on any atom is -0.396 e. The van der Waals surface area contributed by atoms with Crippen LogP contribution < -0.4 is 0 Å². The van der Waals surface area contributed by atoms with Gasteiger partial charge in [0.25, 0.3) is 0 Å². The Morgan fingerprint density at radius 2 is 2.00 bits per heavy atom. The SMILES string of the molecule is OC[C@H]1CCN2CC[C@@H](O)[C@H]12. The molecule has 2 aliphatic rings. The number of fused-ring (bicyclic) bond motifs is 1. The Morgan fingerprint density at radius 1 is 1.27 bits per heavy atom. The van der Waals surface area contributed by atoms with Crippen molar-refractivity contribution in [2.24, 2.45) is 5.92 Å². The van der Waals surface area contributed by atoms with E-state index in [1.54, 1.807) is 0 Å². The molecule has 2 saturated heterocycles. The van der Waals surface area contributed by atoms with Crippen LogP contribution in [0.25, 0.3) is 0 Å². The first-order chi connectivity index (χ1) is 5.33. The minimum atomic E-state index is -0.186. The quantitative estimate of drug-likeness (QED) is 0.536. The highest BCUT2D eigenvalue weighted by Crippen LogP contribution is 2.32. The lowest BCUT2D eigenvalue weighted by Gasteiger charge is -2.21. The highest BCUT2D eigenvalue weighted by atomic mass is 16.3. The summed E-state index contributed by atoms with van der Waals surface area (Å²) in [6.07, 6.45) is 1.76. The maximum absolute atomic E-state index is 9.55. The van der Waals surface area contributed by atoms with Gasteiger partial charge in [-0.3, -0.25) is 4.90 Å². The van der Waals surface area contributed by atoms with Crippen molar-refractivity contribution in [2.45, 2.75) is 25.0 Å². The van der Waals surface area contributed by atoms with Crippen LogP contribution in [0, 0.1) is 5.92 Å². The zero-order valence-electron chi connectivity index (χ0n) is 6.61. The second-order valence-electron chi connectivity index (χ2n) is 3.61. The van der Waals surface area contributed by atoms with Crippen molar-refractivity contribution < 1.29 is 10.2 Å². The number of nitrogens with zero attached hydrogens (tertiary/aromatic N) is 1. The Hall–Kier alpha value is -0.120. The fourth-order valence-electron chi connectivity index (χ4n) is 2.44. The van der Waals surface area contributed by atoms with Crippen LogP contribution in [0.3, 0.4) is 0 Å². The third kappa shape index (κ3) is 1.08. The van der Waals surface area contributed by atoms with Gasteiger partial charge in [0.05, 0.1) is 6.10 Å². The molecule has 0 saturated carbocycles. The van der Waals surface area contributed by atoms with Gasteiger partial charge in [-0.15, -0.1) is 0 Å². The first kappa shape index (κ1) is 7.53. The molecule has 3 atom stereocenters. The molecular formula is C8H15NO2. The normalized spacial score (nSPS) is 44.7. The van der Waals surface area contributed by atoms with E-state index in [0.717, 1.165) is 25.9 Å². The second-order valence-corrected chi connectivity index (χ2v) is 3.61. The summed E-state index contributed by atoms with van der Waals surface area (Å²) < 4.78 is 0. The lowest BCUT2D eigenvalue weighted by Crippen LogP contribution is -2.35. The molecule has 0 amide bonds. The zero-order valence-corrected chi connectivity index (χ0v) is 6.61. The number of hydrogen-bond acceptors (Lipinski definition) is 3. The first-order valence-corrected chi connectivity index (χ1v) is 4.36.